The third-order valence-corrected chi connectivity index (χ3v) is 3.07. The second-order valence-corrected chi connectivity index (χ2v) is 4.27. The minimum Gasteiger partial charge on any atom is -0.394 e. The Labute approximate surface area is 111 Å². The third-order valence-electron chi connectivity index (χ3n) is 3.07. The van der Waals surface area contributed by atoms with Gasteiger partial charge in [-0.05, 0) is 0 Å². The van der Waals surface area contributed by atoms with Crippen LogP contribution in [0.15, 0.2) is 15.8 Å². The fraction of sp³-hybridized carbons (Fsp3) is 0.455. The average Bonchev–Trinajstić information content (AvgIpc) is 2.67. The van der Waals surface area contributed by atoms with Crippen molar-refractivity contribution in [3.05, 3.63) is 32.9 Å². The van der Waals surface area contributed by atoms with Crippen LogP contribution in [0.5, 0.6) is 0 Å². The highest BCUT2D eigenvalue weighted by Crippen LogP contribution is 2.37. The summed E-state index contributed by atoms with van der Waals surface area (Å²) in [5, 5.41) is 29.0. The van der Waals surface area contributed by atoms with Crippen molar-refractivity contribution in [1.29, 1.82) is 0 Å². The molecule has 0 aromatic carbocycles. The summed E-state index contributed by atoms with van der Waals surface area (Å²) in [6.45, 7) is -0.678. The predicted molar refractivity (Wildman–Crippen MR) is 62.1 cm³/mol. The van der Waals surface area contributed by atoms with Gasteiger partial charge in [-0.15, -0.1) is 6.42 Å². The maximum absolute atomic E-state index is 13.2. The number of aliphatic hydroxyl groups excluding tert-OH is 2. The van der Waals surface area contributed by atoms with Crippen LogP contribution in [0.2, 0.25) is 0 Å². The SMILES string of the molecule is C#CC1(O)C(n2cc(F)c(=O)[nH]c2=O)OC(CO)[C@@H]1O. The molecule has 1 aromatic heterocycles. The van der Waals surface area contributed by atoms with Crippen LogP contribution in [0.3, 0.4) is 0 Å². The summed E-state index contributed by atoms with van der Waals surface area (Å²) in [5.74, 6) is 0.563. The van der Waals surface area contributed by atoms with E-state index >= 15 is 0 Å². The van der Waals surface area contributed by atoms with E-state index in [4.69, 9.17) is 16.3 Å². The molecular formula is C11H11FN2O6. The number of hydrogen-bond donors (Lipinski definition) is 4. The quantitative estimate of drug-likeness (QED) is 0.438. The molecule has 0 radical (unpaired) electrons. The zero-order valence-electron chi connectivity index (χ0n) is 9.99. The van der Waals surface area contributed by atoms with E-state index in [1.807, 2.05) is 5.92 Å². The molecule has 2 heterocycles. The number of aromatic nitrogens is 2. The van der Waals surface area contributed by atoms with Crippen molar-refractivity contribution in [2.45, 2.75) is 24.0 Å². The molecule has 4 N–H and O–H groups in total. The van der Waals surface area contributed by atoms with Crippen molar-refractivity contribution in [1.82, 2.24) is 9.55 Å². The maximum atomic E-state index is 13.2. The number of aliphatic hydroxyl groups is 3. The molecule has 1 aliphatic heterocycles. The van der Waals surface area contributed by atoms with E-state index in [0.29, 0.717) is 10.8 Å². The average molecular weight is 286 g/mol. The topological polar surface area (TPSA) is 125 Å². The second-order valence-electron chi connectivity index (χ2n) is 4.27. The van der Waals surface area contributed by atoms with Gasteiger partial charge in [0.05, 0.1) is 12.8 Å². The van der Waals surface area contributed by atoms with Gasteiger partial charge in [-0.3, -0.25) is 14.3 Å². The molecule has 4 atom stereocenters. The molecule has 108 valence electrons. The maximum Gasteiger partial charge on any atom is 0.330 e. The number of ether oxygens (including phenoxy) is 1. The number of terminal acetylenes is 1. The van der Waals surface area contributed by atoms with E-state index in [-0.39, 0.29) is 0 Å². The van der Waals surface area contributed by atoms with E-state index in [1.54, 1.807) is 4.98 Å². The first-order chi connectivity index (χ1) is 9.35. The van der Waals surface area contributed by atoms with Crippen LogP contribution in [-0.4, -0.2) is 49.3 Å². The molecule has 9 heteroatoms. The molecule has 3 unspecified atom stereocenters. The Kier molecular flexibility index (Phi) is 3.49. The van der Waals surface area contributed by atoms with Crippen LogP contribution in [0.4, 0.5) is 4.39 Å². The number of rotatable bonds is 2. The lowest BCUT2D eigenvalue weighted by Gasteiger charge is -2.26. The fourth-order valence-corrected chi connectivity index (χ4v) is 1.99. The van der Waals surface area contributed by atoms with Crippen LogP contribution in [0.1, 0.15) is 6.23 Å². The first kappa shape index (κ1) is 14.4. The summed E-state index contributed by atoms with van der Waals surface area (Å²) < 4.78 is 18.8. The van der Waals surface area contributed by atoms with Gasteiger partial charge in [0.1, 0.15) is 12.2 Å². The minimum absolute atomic E-state index is 0.501. The smallest absolute Gasteiger partial charge is 0.330 e. The van der Waals surface area contributed by atoms with Crippen LogP contribution in [-0.2, 0) is 4.74 Å². The minimum atomic E-state index is -2.36. The zero-order valence-corrected chi connectivity index (χ0v) is 9.99. The molecule has 0 bridgehead atoms. The molecule has 20 heavy (non-hydrogen) atoms. The fourth-order valence-electron chi connectivity index (χ4n) is 1.99. The first-order valence-electron chi connectivity index (χ1n) is 5.50. The number of halogens is 1. The zero-order chi connectivity index (χ0) is 15.1. The van der Waals surface area contributed by atoms with Crippen molar-refractivity contribution in [3.63, 3.8) is 0 Å². The summed E-state index contributed by atoms with van der Waals surface area (Å²) in [5.41, 5.74) is -4.68. The van der Waals surface area contributed by atoms with Crippen molar-refractivity contribution in [3.8, 4) is 12.3 Å². The van der Waals surface area contributed by atoms with Gasteiger partial charge in [-0.1, -0.05) is 5.92 Å². The molecular weight excluding hydrogens is 275 g/mol. The number of aromatic amines is 1. The lowest BCUT2D eigenvalue weighted by atomic mass is 9.95. The highest BCUT2D eigenvalue weighted by molar-refractivity contribution is 5.19. The summed E-state index contributed by atoms with van der Waals surface area (Å²) in [6.07, 6.45) is 1.01. The van der Waals surface area contributed by atoms with Crippen LogP contribution < -0.4 is 11.2 Å². The summed E-state index contributed by atoms with van der Waals surface area (Å²) in [4.78, 5) is 24.2. The van der Waals surface area contributed by atoms with Crippen LogP contribution >= 0.6 is 0 Å². The Bertz CT molecular complexity index is 677. The number of H-pyrrole nitrogens is 1. The largest absolute Gasteiger partial charge is 0.394 e. The monoisotopic (exact) mass is 286 g/mol. The highest BCUT2D eigenvalue weighted by atomic mass is 19.1. The lowest BCUT2D eigenvalue weighted by molar-refractivity contribution is -0.0769. The molecule has 1 aliphatic rings. The standard InChI is InChI=1S/C11H11FN2O6/c1-2-11(19)7(16)6(4-15)20-9(11)14-3-5(12)8(17)13-10(14)18/h1,3,6-7,9,15-16,19H,4H2,(H,13,17,18)/t6?,7-,9?,11?/m0/s1. The number of hydrogen-bond acceptors (Lipinski definition) is 6. The third kappa shape index (κ3) is 1.95. The molecule has 0 amide bonds. The van der Waals surface area contributed by atoms with Gasteiger partial charge in [-0.25, -0.2) is 4.79 Å². The van der Waals surface area contributed by atoms with Crippen LogP contribution in [0, 0.1) is 18.2 Å². The normalized spacial score (nSPS) is 33.0. The first-order valence-corrected chi connectivity index (χ1v) is 5.50. The van der Waals surface area contributed by atoms with Crippen molar-refractivity contribution in [2.75, 3.05) is 6.61 Å². The van der Waals surface area contributed by atoms with Crippen molar-refractivity contribution < 1.29 is 24.4 Å². The molecule has 0 aliphatic carbocycles. The summed E-state index contributed by atoms with van der Waals surface area (Å²) in [7, 11) is 0. The van der Waals surface area contributed by atoms with E-state index in [2.05, 4.69) is 0 Å². The van der Waals surface area contributed by atoms with E-state index < -0.39 is 47.7 Å². The second kappa shape index (κ2) is 4.84. The Morgan fingerprint density at radius 2 is 2.25 bits per heavy atom. The van der Waals surface area contributed by atoms with Gasteiger partial charge in [0.25, 0.3) is 5.56 Å². The van der Waals surface area contributed by atoms with Gasteiger partial charge in [0.15, 0.2) is 11.8 Å². The lowest BCUT2D eigenvalue weighted by Crippen LogP contribution is -2.48. The predicted octanol–water partition coefficient (Wildman–Crippen LogP) is -2.71. The van der Waals surface area contributed by atoms with Crippen molar-refractivity contribution in [2.24, 2.45) is 0 Å². The summed E-state index contributed by atoms with van der Waals surface area (Å²) in [6, 6.07) is 0. The van der Waals surface area contributed by atoms with Gasteiger partial charge in [0.2, 0.25) is 5.82 Å². The summed E-state index contributed by atoms with van der Waals surface area (Å²) >= 11 is 0. The molecule has 1 saturated heterocycles. The van der Waals surface area contributed by atoms with Crippen LogP contribution in [0.25, 0.3) is 0 Å². The molecule has 8 nitrogen and oxygen atoms in total. The van der Waals surface area contributed by atoms with Gasteiger partial charge >= 0.3 is 5.69 Å². The van der Waals surface area contributed by atoms with Gasteiger partial charge < -0.3 is 20.1 Å². The molecule has 1 aromatic rings. The molecule has 2 rings (SSSR count). The molecule has 1 fully saturated rings. The Hall–Kier alpha value is -1.99. The number of nitrogens with zero attached hydrogens (tertiary/aromatic N) is 1. The Morgan fingerprint density at radius 1 is 1.60 bits per heavy atom. The Balaban J connectivity index is 2.58. The van der Waals surface area contributed by atoms with E-state index in [0.717, 1.165) is 0 Å². The molecule has 0 spiro atoms. The van der Waals surface area contributed by atoms with E-state index in [9.17, 15) is 24.2 Å². The van der Waals surface area contributed by atoms with Gasteiger partial charge in [-0.2, -0.15) is 4.39 Å². The van der Waals surface area contributed by atoms with Crippen molar-refractivity contribution >= 4 is 0 Å². The Morgan fingerprint density at radius 3 is 2.80 bits per heavy atom. The highest BCUT2D eigenvalue weighted by Gasteiger charge is 2.55. The van der Waals surface area contributed by atoms with Gasteiger partial charge in [0, 0.05) is 0 Å². The number of nitrogens with one attached hydrogen (secondary N) is 1. The molecule has 0 saturated carbocycles. The van der Waals surface area contributed by atoms with E-state index in [1.165, 1.54) is 0 Å².